The number of rotatable bonds is 3. The minimum absolute atomic E-state index is 0.315. The molecule has 0 aromatic carbocycles. The van der Waals surface area contributed by atoms with Crippen LogP contribution < -0.4 is 16.4 Å². The van der Waals surface area contributed by atoms with Crippen LogP contribution in [0.15, 0.2) is 0 Å². The highest BCUT2D eigenvalue weighted by molar-refractivity contribution is 6.28. The van der Waals surface area contributed by atoms with Crippen LogP contribution in [-0.4, -0.2) is 30.3 Å². The molecule has 12 heavy (non-hydrogen) atoms. The monoisotopic (exact) mass is 193 g/mol. The van der Waals surface area contributed by atoms with Gasteiger partial charge in [-0.15, -0.1) is 11.6 Å². The maximum Gasteiger partial charge on any atom is 0.321 e. The Balaban J connectivity index is 3.60. The number of imide groups is 1. The third-order valence-corrected chi connectivity index (χ3v) is 1.04. The molecule has 4 N–H and O–H groups in total. The van der Waals surface area contributed by atoms with Crippen molar-refractivity contribution in [3.8, 4) is 0 Å². The number of alkyl halides is 1. The van der Waals surface area contributed by atoms with Gasteiger partial charge in [-0.1, -0.05) is 0 Å². The molecule has 0 saturated heterocycles. The number of hydrogen-bond donors (Lipinski definition) is 3. The van der Waals surface area contributed by atoms with E-state index < -0.39 is 17.8 Å². The quantitative estimate of drug-likeness (QED) is 0.477. The predicted octanol–water partition coefficient (Wildman–Crippen LogP) is -1.46. The SMILES string of the molecule is NC(=O)CNC(=O)NC(=O)CCl. The molecule has 0 aromatic heterocycles. The van der Waals surface area contributed by atoms with Crippen molar-refractivity contribution in [2.24, 2.45) is 5.73 Å². The lowest BCUT2D eigenvalue weighted by atomic mass is 10.6. The fraction of sp³-hybridized carbons (Fsp3) is 0.400. The lowest BCUT2D eigenvalue weighted by molar-refractivity contribution is -0.118. The fourth-order valence-electron chi connectivity index (χ4n) is 0.372. The van der Waals surface area contributed by atoms with Crippen LogP contribution in [0.4, 0.5) is 4.79 Å². The first-order chi connectivity index (χ1) is 5.56. The van der Waals surface area contributed by atoms with Crippen molar-refractivity contribution in [3.63, 3.8) is 0 Å². The molecule has 0 atom stereocenters. The van der Waals surface area contributed by atoms with Gasteiger partial charge in [-0.25, -0.2) is 4.79 Å². The Labute approximate surface area is 73.4 Å². The van der Waals surface area contributed by atoms with Gasteiger partial charge in [-0.2, -0.15) is 0 Å². The van der Waals surface area contributed by atoms with E-state index in [1.165, 1.54) is 0 Å². The van der Waals surface area contributed by atoms with Gasteiger partial charge in [-0.05, 0) is 0 Å². The van der Waals surface area contributed by atoms with Crippen molar-refractivity contribution in [1.29, 1.82) is 0 Å². The lowest BCUT2D eigenvalue weighted by Gasteiger charge is -2.01. The summed E-state index contributed by atoms with van der Waals surface area (Å²) in [6.45, 7) is -0.318. The van der Waals surface area contributed by atoms with Gasteiger partial charge in [-0.3, -0.25) is 14.9 Å². The summed E-state index contributed by atoms with van der Waals surface area (Å²) in [5.74, 6) is -1.65. The summed E-state index contributed by atoms with van der Waals surface area (Å²) < 4.78 is 0. The largest absolute Gasteiger partial charge is 0.368 e. The molecule has 0 aliphatic rings. The van der Waals surface area contributed by atoms with Crippen LogP contribution in [0.5, 0.6) is 0 Å². The molecular formula is C5H8ClN3O3. The number of carbonyl (C=O) groups is 3. The zero-order valence-corrected chi connectivity index (χ0v) is 6.85. The zero-order chi connectivity index (χ0) is 9.56. The Bertz CT molecular complexity index is 206. The van der Waals surface area contributed by atoms with E-state index in [0.29, 0.717) is 0 Å². The van der Waals surface area contributed by atoms with Crippen LogP contribution in [0.2, 0.25) is 0 Å². The summed E-state index contributed by atoms with van der Waals surface area (Å²) in [7, 11) is 0. The number of halogens is 1. The van der Waals surface area contributed by atoms with E-state index in [0.717, 1.165) is 0 Å². The van der Waals surface area contributed by atoms with Crippen molar-refractivity contribution in [1.82, 2.24) is 10.6 Å². The first-order valence-electron chi connectivity index (χ1n) is 2.98. The van der Waals surface area contributed by atoms with Crippen molar-refractivity contribution in [3.05, 3.63) is 0 Å². The summed E-state index contributed by atoms with van der Waals surface area (Å²) in [5.41, 5.74) is 4.71. The molecule has 0 bridgehead atoms. The fourth-order valence-corrected chi connectivity index (χ4v) is 0.438. The highest BCUT2D eigenvalue weighted by Gasteiger charge is 2.05. The van der Waals surface area contributed by atoms with E-state index in [2.05, 4.69) is 0 Å². The van der Waals surface area contributed by atoms with Crippen LogP contribution in [0.3, 0.4) is 0 Å². The van der Waals surface area contributed by atoms with Gasteiger partial charge in [0.15, 0.2) is 0 Å². The molecule has 0 heterocycles. The van der Waals surface area contributed by atoms with Gasteiger partial charge in [0.2, 0.25) is 11.8 Å². The maximum atomic E-state index is 10.6. The van der Waals surface area contributed by atoms with Crippen molar-refractivity contribution in [2.75, 3.05) is 12.4 Å². The number of primary amides is 1. The summed E-state index contributed by atoms with van der Waals surface area (Å²) >= 11 is 5.08. The third-order valence-electron chi connectivity index (χ3n) is 0.797. The van der Waals surface area contributed by atoms with Crippen LogP contribution in [0, 0.1) is 0 Å². The molecule has 0 aliphatic heterocycles. The predicted molar refractivity (Wildman–Crippen MR) is 41.5 cm³/mol. The Morgan fingerprint density at radius 2 is 1.92 bits per heavy atom. The number of carbonyl (C=O) groups excluding carboxylic acids is 3. The third kappa shape index (κ3) is 5.48. The Morgan fingerprint density at radius 3 is 2.33 bits per heavy atom. The molecule has 0 fully saturated rings. The van der Waals surface area contributed by atoms with Gasteiger partial charge in [0.05, 0.1) is 6.54 Å². The molecule has 0 spiro atoms. The summed E-state index contributed by atoms with van der Waals surface area (Å²) in [6.07, 6.45) is 0. The summed E-state index contributed by atoms with van der Waals surface area (Å²) in [6, 6.07) is -0.792. The molecule has 0 saturated carbocycles. The molecule has 0 unspecified atom stereocenters. The average molecular weight is 194 g/mol. The second kappa shape index (κ2) is 5.36. The topological polar surface area (TPSA) is 101 Å². The minimum atomic E-state index is -0.792. The molecule has 0 aromatic rings. The summed E-state index contributed by atoms with van der Waals surface area (Å²) in [4.78, 5) is 31.2. The van der Waals surface area contributed by atoms with Gasteiger partial charge >= 0.3 is 6.03 Å². The first-order valence-corrected chi connectivity index (χ1v) is 3.51. The second-order valence-corrected chi connectivity index (χ2v) is 2.10. The van der Waals surface area contributed by atoms with Gasteiger partial charge < -0.3 is 11.1 Å². The molecule has 68 valence electrons. The van der Waals surface area contributed by atoms with Crippen molar-refractivity contribution in [2.45, 2.75) is 0 Å². The summed E-state index contributed by atoms with van der Waals surface area (Å²) in [5, 5.41) is 3.90. The van der Waals surface area contributed by atoms with E-state index in [1.54, 1.807) is 0 Å². The van der Waals surface area contributed by atoms with Crippen LogP contribution in [-0.2, 0) is 9.59 Å². The van der Waals surface area contributed by atoms with E-state index >= 15 is 0 Å². The number of urea groups is 1. The molecule has 4 amide bonds. The number of amides is 4. The van der Waals surface area contributed by atoms with Crippen molar-refractivity contribution < 1.29 is 14.4 Å². The Hall–Kier alpha value is -1.30. The van der Waals surface area contributed by atoms with Crippen LogP contribution in [0.25, 0.3) is 0 Å². The average Bonchev–Trinajstić information content (AvgIpc) is 2.00. The molecular weight excluding hydrogens is 186 g/mol. The van der Waals surface area contributed by atoms with E-state index in [-0.39, 0.29) is 12.4 Å². The standard InChI is InChI=1S/C5H8ClN3O3/c6-1-4(11)9-5(12)8-2-3(7)10/h1-2H2,(H2,7,10)(H2,8,9,11,12). The number of hydrogen-bond acceptors (Lipinski definition) is 3. The Morgan fingerprint density at radius 1 is 1.33 bits per heavy atom. The molecule has 7 heteroatoms. The maximum absolute atomic E-state index is 10.6. The normalized spacial score (nSPS) is 8.75. The van der Waals surface area contributed by atoms with Gasteiger partial charge in [0.1, 0.15) is 5.88 Å². The van der Waals surface area contributed by atoms with E-state index in [9.17, 15) is 14.4 Å². The first kappa shape index (κ1) is 10.7. The van der Waals surface area contributed by atoms with Gasteiger partial charge in [0, 0.05) is 0 Å². The minimum Gasteiger partial charge on any atom is -0.368 e. The number of nitrogens with two attached hydrogens (primary N) is 1. The number of nitrogens with one attached hydrogen (secondary N) is 2. The molecule has 0 rings (SSSR count). The molecule has 0 radical (unpaired) electrons. The van der Waals surface area contributed by atoms with Crippen LogP contribution >= 0.6 is 11.6 Å². The smallest absolute Gasteiger partial charge is 0.321 e. The highest BCUT2D eigenvalue weighted by atomic mass is 35.5. The van der Waals surface area contributed by atoms with Crippen LogP contribution in [0.1, 0.15) is 0 Å². The Kier molecular flexibility index (Phi) is 4.78. The van der Waals surface area contributed by atoms with Crippen molar-refractivity contribution >= 4 is 29.4 Å². The molecule has 6 nitrogen and oxygen atoms in total. The molecule has 0 aliphatic carbocycles. The van der Waals surface area contributed by atoms with E-state index in [4.69, 9.17) is 17.3 Å². The highest BCUT2D eigenvalue weighted by Crippen LogP contribution is 1.73. The zero-order valence-electron chi connectivity index (χ0n) is 6.09. The van der Waals surface area contributed by atoms with E-state index in [1.807, 2.05) is 10.6 Å². The van der Waals surface area contributed by atoms with Gasteiger partial charge in [0.25, 0.3) is 0 Å². The second-order valence-electron chi connectivity index (χ2n) is 1.83. The lowest BCUT2D eigenvalue weighted by Crippen LogP contribution is -2.43.